The first-order valence-electron chi connectivity index (χ1n) is 8.00. The first-order valence-corrected chi connectivity index (χ1v) is 8.38. The molecule has 1 saturated carbocycles. The number of carbonyl (C=O) groups excluding carboxylic acids is 1. The highest BCUT2D eigenvalue weighted by Gasteiger charge is 2.25. The molecular weight excluding hydrogens is 316 g/mol. The number of halogens is 1. The Kier molecular flexibility index (Phi) is 6.54. The van der Waals surface area contributed by atoms with Gasteiger partial charge in [-0.1, -0.05) is 30.5 Å². The average Bonchev–Trinajstić information content (AvgIpc) is 2.55. The Labute approximate surface area is 142 Å². The number of amides is 2. The third-order valence-electron chi connectivity index (χ3n) is 4.40. The van der Waals surface area contributed by atoms with E-state index in [2.05, 4.69) is 5.32 Å². The third-order valence-corrected chi connectivity index (χ3v) is 4.64. The standard InChI is InChI=1S/C17H25ClN2O3/c1-20(11-13-5-3-4-6-15(13)21)17(22)19-10-12-7-8-14(18)9-16(12)23-2/h7-9,13,15,21H,3-6,10-11H2,1-2H3,(H,19,22). The lowest BCUT2D eigenvalue weighted by Gasteiger charge is -2.31. The van der Waals surface area contributed by atoms with Crippen molar-refractivity contribution < 1.29 is 14.6 Å². The van der Waals surface area contributed by atoms with Gasteiger partial charge in [-0.15, -0.1) is 0 Å². The molecule has 2 amide bonds. The van der Waals surface area contributed by atoms with Crippen molar-refractivity contribution in [1.82, 2.24) is 10.2 Å². The second-order valence-corrected chi connectivity index (χ2v) is 6.54. The van der Waals surface area contributed by atoms with Crippen molar-refractivity contribution in [1.29, 1.82) is 0 Å². The predicted octanol–water partition coefficient (Wildman–Crippen LogP) is 3.04. The van der Waals surface area contributed by atoms with E-state index in [0.29, 0.717) is 23.9 Å². The number of hydrogen-bond acceptors (Lipinski definition) is 3. The Morgan fingerprint density at radius 3 is 2.87 bits per heavy atom. The van der Waals surface area contributed by atoms with Crippen LogP contribution in [0.2, 0.25) is 5.02 Å². The predicted molar refractivity (Wildman–Crippen MR) is 90.8 cm³/mol. The summed E-state index contributed by atoms with van der Waals surface area (Å²) in [6.07, 6.45) is 3.71. The van der Waals surface area contributed by atoms with Gasteiger partial charge >= 0.3 is 6.03 Å². The number of hydrogen-bond donors (Lipinski definition) is 2. The van der Waals surface area contributed by atoms with Gasteiger partial charge in [0.15, 0.2) is 0 Å². The van der Waals surface area contributed by atoms with Gasteiger partial charge in [-0.2, -0.15) is 0 Å². The molecule has 128 valence electrons. The lowest BCUT2D eigenvalue weighted by Crippen LogP contribution is -2.42. The Bertz CT molecular complexity index is 539. The summed E-state index contributed by atoms with van der Waals surface area (Å²) in [4.78, 5) is 13.9. The van der Waals surface area contributed by atoms with Crippen molar-refractivity contribution in [3.63, 3.8) is 0 Å². The maximum atomic E-state index is 12.2. The summed E-state index contributed by atoms with van der Waals surface area (Å²) in [7, 11) is 3.34. The van der Waals surface area contributed by atoms with E-state index in [1.807, 2.05) is 6.07 Å². The largest absolute Gasteiger partial charge is 0.496 e. The van der Waals surface area contributed by atoms with Crippen molar-refractivity contribution in [3.8, 4) is 5.75 Å². The van der Waals surface area contributed by atoms with Crippen LogP contribution < -0.4 is 10.1 Å². The van der Waals surface area contributed by atoms with Crippen LogP contribution in [0, 0.1) is 5.92 Å². The van der Waals surface area contributed by atoms with E-state index >= 15 is 0 Å². The molecule has 2 unspecified atom stereocenters. The van der Waals surface area contributed by atoms with Crippen LogP contribution >= 0.6 is 11.6 Å². The van der Waals surface area contributed by atoms with E-state index in [4.69, 9.17) is 16.3 Å². The average molecular weight is 341 g/mol. The molecule has 5 nitrogen and oxygen atoms in total. The number of benzene rings is 1. The number of nitrogens with one attached hydrogen (secondary N) is 1. The van der Waals surface area contributed by atoms with Gasteiger partial charge < -0.3 is 20.1 Å². The van der Waals surface area contributed by atoms with Gasteiger partial charge in [0.25, 0.3) is 0 Å². The minimum atomic E-state index is -0.296. The summed E-state index contributed by atoms with van der Waals surface area (Å²) < 4.78 is 5.27. The van der Waals surface area contributed by atoms with Gasteiger partial charge in [-0.25, -0.2) is 4.79 Å². The first kappa shape index (κ1) is 17.9. The van der Waals surface area contributed by atoms with Crippen molar-refractivity contribution in [3.05, 3.63) is 28.8 Å². The van der Waals surface area contributed by atoms with Crippen LogP contribution in [0.4, 0.5) is 4.79 Å². The zero-order chi connectivity index (χ0) is 16.8. The molecule has 0 aromatic heterocycles. The SMILES string of the molecule is COc1cc(Cl)ccc1CNC(=O)N(C)CC1CCCCC1O. The molecule has 1 fully saturated rings. The second kappa shape index (κ2) is 8.41. The van der Waals surface area contributed by atoms with E-state index < -0.39 is 0 Å². The molecule has 1 aromatic carbocycles. The Hall–Kier alpha value is -1.46. The van der Waals surface area contributed by atoms with Crippen LogP contribution in [-0.2, 0) is 6.54 Å². The fourth-order valence-corrected chi connectivity index (χ4v) is 3.17. The summed E-state index contributed by atoms with van der Waals surface area (Å²) in [6, 6.07) is 5.19. The van der Waals surface area contributed by atoms with Gasteiger partial charge in [0.1, 0.15) is 5.75 Å². The Balaban J connectivity index is 1.86. The Morgan fingerprint density at radius 1 is 1.43 bits per heavy atom. The quantitative estimate of drug-likeness (QED) is 0.866. The number of urea groups is 1. The zero-order valence-electron chi connectivity index (χ0n) is 13.7. The molecule has 0 saturated heterocycles. The number of ether oxygens (including phenoxy) is 1. The fourth-order valence-electron chi connectivity index (χ4n) is 3.01. The number of methoxy groups -OCH3 is 1. The van der Waals surface area contributed by atoms with E-state index in [0.717, 1.165) is 31.2 Å². The zero-order valence-corrected chi connectivity index (χ0v) is 14.5. The summed E-state index contributed by atoms with van der Waals surface area (Å²) in [5.74, 6) is 0.827. The number of rotatable bonds is 5. The van der Waals surface area contributed by atoms with E-state index in [1.54, 1.807) is 31.2 Å². The second-order valence-electron chi connectivity index (χ2n) is 6.11. The molecule has 0 aliphatic heterocycles. The van der Waals surface area contributed by atoms with E-state index in [9.17, 15) is 9.90 Å². The number of aliphatic hydroxyl groups is 1. The molecule has 2 atom stereocenters. The minimum absolute atomic E-state index is 0.153. The van der Waals surface area contributed by atoms with Crippen LogP contribution in [0.15, 0.2) is 18.2 Å². The first-order chi connectivity index (χ1) is 11.0. The highest BCUT2D eigenvalue weighted by Crippen LogP contribution is 2.25. The topological polar surface area (TPSA) is 61.8 Å². The van der Waals surface area contributed by atoms with Gasteiger partial charge in [-0.05, 0) is 25.0 Å². The summed E-state index contributed by atoms with van der Waals surface area (Å²) >= 11 is 5.93. The molecule has 1 aliphatic carbocycles. The Morgan fingerprint density at radius 2 is 2.17 bits per heavy atom. The van der Waals surface area contributed by atoms with Gasteiger partial charge in [-0.3, -0.25) is 0 Å². The molecule has 0 spiro atoms. The minimum Gasteiger partial charge on any atom is -0.496 e. The van der Waals surface area contributed by atoms with E-state index in [-0.39, 0.29) is 18.1 Å². The molecule has 0 bridgehead atoms. The molecule has 2 rings (SSSR count). The van der Waals surface area contributed by atoms with Crippen LogP contribution in [-0.4, -0.2) is 42.8 Å². The van der Waals surface area contributed by atoms with Crippen molar-refractivity contribution in [2.24, 2.45) is 5.92 Å². The van der Waals surface area contributed by atoms with Crippen LogP contribution in [0.3, 0.4) is 0 Å². The smallest absolute Gasteiger partial charge is 0.317 e. The van der Waals surface area contributed by atoms with E-state index in [1.165, 1.54) is 0 Å². The van der Waals surface area contributed by atoms with Crippen molar-refractivity contribution in [2.75, 3.05) is 20.7 Å². The third kappa shape index (κ3) is 5.01. The van der Waals surface area contributed by atoms with Gasteiger partial charge in [0.2, 0.25) is 0 Å². The highest BCUT2D eigenvalue weighted by molar-refractivity contribution is 6.30. The lowest BCUT2D eigenvalue weighted by molar-refractivity contribution is 0.0565. The molecule has 0 radical (unpaired) electrons. The summed E-state index contributed by atoms with van der Waals surface area (Å²) in [5.41, 5.74) is 0.872. The molecule has 0 heterocycles. The fraction of sp³-hybridized carbons (Fsp3) is 0.588. The number of carbonyl (C=O) groups is 1. The molecule has 6 heteroatoms. The maximum absolute atomic E-state index is 12.2. The van der Waals surface area contributed by atoms with Gasteiger partial charge in [0.05, 0.1) is 13.2 Å². The van der Waals surface area contributed by atoms with Gasteiger partial charge in [0, 0.05) is 36.6 Å². The molecule has 1 aliphatic rings. The lowest BCUT2D eigenvalue weighted by atomic mass is 9.86. The molecule has 2 N–H and O–H groups in total. The monoisotopic (exact) mass is 340 g/mol. The normalized spacial score (nSPS) is 20.9. The van der Waals surface area contributed by atoms with Crippen LogP contribution in [0.1, 0.15) is 31.2 Å². The van der Waals surface area contributed by atoms with Crippen molar-refractivity contribution in [2.45, 2.75) is 38.3 Å². The summed E-state index contributed by atoms with van der Waals surface area (Å²) in [5, 5.41) is 13.5. The maximum Gasteiger partial charge on any atom is 0.317 e. The van der Waals surface area contributed by atoms with Crippen LogP contribution in [0.25, 0.3) is 0 Å². The van der Waals surface area contributed by atoms with Crippen molar-refractivity contribution >= 4 is 17.6 Å². The van der Waals surface area contributed by atoms with Crippen LogP contribution in [0.5, 0.6) is 5.75 Å². The molecular formula is C17H25ClN2O3. The molecule has 1 aromatic rings. The number of nitrogens with zero attached hydrogens (tertiary/aromatic N) is 1. The number of aliphatic hydroxyl groups excluding tert-OH is 1. The highest BCUT2D eigenvalue weighted by atomic mass is 35.5. The summed E-state index contributed by atoms with van der Waals surface area (Å²) in [6.45, 7) is 0.946. The molecule has 23 heavy (non-hydrogen) atoms.